The molecule has 0 bridgehead atoms. The quantitative estimate of drug-likeness (QED) is 0.176. The van der Waals surface area contributed by atoms with Crippen LogP contribution in [0.5, 0.6) is 0 Å². The van der Waals surface area contributed by atoms with Gasteiger partial charge in [0.2, 0.25) is 17.7 Å². The number of esters is 1. The highest BCUT2D eigenvalue weighted by atomic mass is 16.5. The van der Waals surface area contributed by atoms with E-state index in [4.69, 9.17) is 9.47 Å². The van der Waals surface area contributed by atoms with Gasteiger partial charge in [0.05, 0.1) is 12.1 Å². The number of hydrogen-bond donors (Lipinski definition) is 3. The van der Waals surface area contributed by atoms with Crippen molar-refractivity contribution in [2.45, 2.75) is 45.4 Å². The molecule has 45 heavy (non-hydrogen) atoms. The summed E-state index contributed by atoms with van der Waals surface area (Å²) in [5.41, 5.74) is 3.78. The van der Waals surface area contributed by atoms with Gasteiger partial charge in [-0.1, -0.05) is 84.9 Å². The topological polar surface area (TPSA) is 136 Å². The Hall–Kier alpha value is -5.09. The van der Waals surface area contributed by atoms with Gasteiger partial charge in [0.1, 0.15) is 12.6 Å². The van der Waals surface area contributed by atoms with Crippen LogP contribution in [0.2, 0.25) is 0 Å². The lowest BCUT2D eigenvalue weighted by Crippen LogP contribution is -2.49. The standard InChI is InChI=1S/C26H30N4O4.C9H10O2.3H2/c1-34-16-14-22(26(33)29-17-21-10-5-9-20-11-6-15-27-25(20)21)30-24(32)18-28-23(31)13-12-19-7-3-2-4-8-19;1-8(10)11-7-9-5-3-2-4-6-9;;;/h2-11,15,22H,12-14,16-18H2,1H3,(H,28,31)(H,29,33)(H,30,32);2-6H,7H2,1H3;3*1H/t22-;;;;/m0..../s1. The molecule has 1 aromatic heterocycles. The number of aromatic nitrogens is 1. The normalized spacial score (nSPS) is 11.0. The zero-order chi connectivity index (χ0) is 32.3. The Morgan fingerprint density at radius 3 is 2.20 bits per heavy atom. The van der Waals surface area contributed by atoms with E-state index in [1.54, 1.807) is 6.20 Å². The Balaban J connectivity index is 0.00000135. The molecule has 10 heteroatoms. The summed E-state index contributed by atoms with van der Waals surface area (Å²) >= 11 is 0. The number of carbonyl (C=O) groups excluding carboxylic acids is 4. The molecule has 0 saturated carbocycles. The van der Waals surface area contributed by atoms with Crippen molar-refractivity contribution in [1.29, 1.82) is 0 Å². The van der Waals surface area contributed by atoms with Gasteiger partial charge in [-0.3, -0.25) is 24.2 Å². The minimum atomic E-state index is -0.781. The SMILES string of the molecule is CC(=O)OCc1ccccc1.COCC[C@H](NC(=O)CNC(=O)CCc1ccccc1)C(=O)NCc1cccc2cccnc12.[HH].[HH].[HH]. The second kappa shape index (κ2) is 19.2. The minimum Gasteiger partial charge on any atom is -0.461 e. The summed E-state index contributed by atoms with van der Waals surface area (Å²) in [6.07, 6.45) is 2.90. The Morgan fingerprint density at radius 1 is 0.822 bits per heavy atom. The monoisotopic (exact) mass is 618 g/mol. The second-order valence-electron chi connectivity index (χ2n) is 10.1. The number of fused-ring (bicyclic) bond motifs is 1. The summed E-state index contributed by atoms with van der Waals surface area (Å²) in [4.78, 5) is 52.1. The van der Waals surface area contributed by atoms with Gasteiger partial charge in [-0.25, -0.2) is 0 Å². The summed E-state index contributed by atoms with van der Waals surface area (Å²) in [5, 5.41) is 9.16. The van der Waals surface area contributed by atoms with Crippen molar-refractivity contribution in [1.82, 2.24) is 20.9 Å². The van der Waals surface area contributed by atoms with Crippen molar-refractivity contribution in [3.8, 4) is 0 Å². The molecule has 3 N–H and O–H groups in total. The van der Waals surface area contributed by atoms with Crippen LogP contribution in [0.1, 0.15) is 40.7 Å². The number of carbonyl (C=O) groups is 4. The van der Waals surface area contributed by atoms with E-state index in [2.05, 4.69) is 20.9 Å². The number of amides is 3. The van der Waals surface area contributed by atoms with Gasteiger partial charge < -0.3 is 25.4 Å². The van der Waals surface area contributed by atoms with Crippen LogP contribution in [-0.2, 0) is 48.2 Å². The first-order chi connectivity index (χ1) is 21.9. The summed E-state index contributed by atoms with van der Waals surface area (Å²) in [7, 11) is 1.53. The van der Waals surface area contributed by atoms with E-state index in [1.807, 2.05) is 91.0 Å². The Kier molecular flexibility index (Phi) is 14.7. The van der Waals surface area contributed by atoms with E-state index >= 15 is 0 Å². The zero-order valence-electron chi connectivity index (χ0n) is 25.7. The van der Waals surface area contributed by atoms with Crippen molar-refractivity contribution < 1.29 is 32.9 Å². The Bertz CT molecular complexity index is 1530. The molecule has 4 aromatic rings. The number of para-hydroxylation sites is 1. The third-order valence-corrected chi connectivity index (χ3v) is 6.65. The number of ether oxygens (including phenoxy) is 2. The van der Waals surface area contributed by atoms with Gasteiger partial charge in [0, 0.05) is 49.5 Å². The fourth-order valence-corrected chi connectivity index (χ4v) is 4.29. The van der Waals surface area contributed by atoms with Gasteiger partial charge in [-0.05, 0) is 35.6 Å². The van der Waals surface area contributed by atoms with Crippen molar-refractivity contribution in [2.24, 2.45) is 0 Å². The van der Waals surface area contributed by atoms with Crippen LogP contribution < -0.4 is 16.0 Å². The summed E-state index contributed by atoms with van der Waals surface area (Å²) in [6.45, 7) is 2.16. The molecule has 10 nitrogen and oxygen atoms in total. The molecule has 0 spiro atoms. The molecular weight excluding hydrogens is 572 g/mol. The number of hydrogen-bond acceptors (Lipinski definition) is 7. The molecule has 3 aromatic carbocycles. The van der Waals surface area contributed by atoms with Gasteiger partial charge in [0.25, 0.3) is 0 Å². The molecule has 3 amide bonds. The molecule has 1 atom stereocenters. The number of nitrogens with zero attached hydrogens (tertiary/aromatic N) is 1. The first-order valence-corrected chi connectivity index (χ1v) is 14.7. The Labute approximate surface area is 268 Å². The molecule has 242 valence electrons. The molecule has 0 fully saturated rings. The average Bonchev–Trinajstić information content (AvgIpc) is 3.07. The van der Waals surface area contributed by atoms with Gasteiger partial charge >= 0.3 is 5.97 Å². The van der Waals surface area contributed by atoms with E-state index in [-0.39, 0.29) is 41.6 Å². The fraction of sp³-hybridized carbons (Fsp3) is 0.286. The molecule has 0 radical (unpaired) electrons. The zero-order valence-corrected chi connectivity index (χ0v) is 25.7. The molecule has 4 rings (SSSR count). The molecule has 1 heterocycles. The molecule has 0 aliphatic rings. The van der Waals surface area contributed by atoms with Crippen molar-refractivity contribution >= 4 is 34.6 Å². The maximum Gasteiger partial charge on any atom is 0.302 e. The number of nitrogens with one attached hydrogen (secondary N) is 3. The number of pyridine rings is 1. The van der Waals surface area contributed by atoms with E-state index in [9.17, 15) is 19.2 Å². The first kappa shape index (κ1) is 34.4. The smallest absolute Gasteiger partial charge is 0.302 e. The first-order valence-electron chi connectivity index (χ1n) is 14.7. The van der Waals surface area contributed by atoms with Crippen LogP contribution in [0.3, 0.4) is 0 Å². The van der Waals surface area contributed by atoms with Crippen LogP contribution in [0.15, 0.2) is 97.2 Å². The number of methoxy groups -OCH3 is 1. The summed E-state index contributed by atoms with van der Waals surface area (Å²) in [6, 6.07) is 28.1. The van der Waals surface area contributed by atoms with Crippen LogP contribution in [-0.4, -0.2) is 55.0 Å². The van der Waals surface area contributed by atoms with Crippen molar-refractivity contribution in [3.63, 3.8) is 0 Å². The predicted molar refractivity (Wildman–Crippen MR) is 178 cm³/mol. The van der Waals surface area contributed by atoms with Gasteiger partial charge in [-0.15, -0.1) is 0 Å². The average molecular weight is 619 g/mol. The van der Waals surface area contributed by atoms with Crippen molar-refractivity contribution in [3.05, 3.63) is 114 Å². The summed E-state index contributed by atoms with van der Waals surface area (Å²) in [5.74, 6) is -1.22. The fourth-order valence-electron chi connectivity index (χ4n) is 4.29. The second-order valence-corrected chi connectivity index (χ2v) is 10.1. The van der Waals surface area contributed by atoms with E-state index in [0.29, 0.717) is 26.1 Å². The number of rotatable bonds is 14. The maximum atomic E-state index is 12.8. The minimum absolute atomic E-state index is 0. The third-order valence-electron chi connectivity index (χ3n) is 6.65. The van der Waals surface area contributed by atoms with Crippen LogP contribution in [0.25, 0.3) is 10.9 Å². The highest BCUT2D eigenvalue weighted by Gasteiger charge is 2.21. The lowest BCUT2D eigenvalue weighted by atomic mass is 10.1. The highest BCUT2D eigenvalue weighted by molar-refractivity contribution is 5.90. The largest absolute Gasteiger partial charge is 0.461 e. The van der Waals surface area contributed by atoms with Gasteiger partial charge in [0.15, 0.2) is 0 Å². The van der Waals surface area contributed by atoms with Crippen LogP contribution in [0, 0.1) is 0 Å². The lowest BCUT2D eigenvalue weighted by Gasteiger charge is -2.19. The molecule has 0 saturated heterocycles. The van der Waals surface area contributed by atoms with E-state index < -0.39 is 11.9 Å². The molecule has 0 aliphatic heterocycles. The molecular formula is C35H46N4O6. The Morgan fingerprint density at radius 2 is 1.51 bits per heavy atom. The third kappa shape index (κ3) is 13.0. The lowest BCUT2D eigenvalue weighted by molar-refractivity contribution is -0.142. The van der Waals surface area contributed by atoms with E-state index in [1.165, 1.54) is 14.0 Å². The molecule has 0 unspecified atom stereocenters. The van der Waals surface area contributed by atoms with Crippen LogP contribution >= 0.6 is 0 Å². The predicted octanol–water partition coefficient (Wildman–Crippen LogP) is 4.61. The van der Waals surface area contributed by atoms with E-state index in [0.717, 1.165) is 27.6 Å². The molecule has 0 aliphatic carbocycles. The highest BCUT2D eigenvalue weighted by Crippen LogP contribution is 2.15. The van der Waals surface area contributed by atoms with Gasteiger partial charge in [-0.2, -0.15) is 0 Å². The number of aryl methyl sites for hydroxylation is 1. The number of benzene rings is 3. The maximum absolute atomic E-state index is 12.8. The van der Waals surface area contributed by atoms with Crippen LogP contribution in [0.4, 0.5) is 0 Å². The summed E-state index contributed by atoms with van der Waals surface area (Å²) < 4.78 is 9.87. The van der Waals surface area contributed by atoms with Crippen molar-refractivity contribution in [2.75, 3.05) is 20.3 Å².